The Morgan fingerprint density at radius 2 is 1.79 bits per heavy atom. The van der Waals surface area contributed by atoms with Crippen LogP contribution in [-0.4, -0.2) is 74.5 Å². The fourth-order valence-corrected chi connectivity index (χ4v) is 5.39. The summed E-state index contributed by atoms with van der Waals surface area (Å²) < 4.78 is 5.47. The van der Waals surface area contributed by atoms with E-state index in [1.807, 2.05) is 0 Å². The molecule has 5 rings (SSSR count). The number of aliphatic hydroxyl groups excluding tert-OH is 1. The molecule has 4 aliphatic rings. The number of rotatable bonds is 5. The van der Waals surface area contributed by atoms with Gasteiger partial charge in [0.25, 0.3) is 0 Å². The summed E-state index contributed by atoms with van der Waals surface area (Å²) >= 11 is 0. The molecule has 0 aromatic heterocycles. The Morgan fingerprint density at radius 3 is 2.48 bits per heavy atom. The van der Waals surface area contributed by atoms with Gasteiger partial charge in [-0.25, -0.2) is 0 Å². The molecule has 6 heteroatoms. The lowest BCUT2D eigenvalue weighted by Gasteiger charge is -2.48. The monoisotopic (exact) mass is 401 g/mol. The van der Waals surface area contributed by atoms with Crippen LogP contribution in [0.15, 0.2) is 24.3 Å². The number of morpholine rings is 1. The number of nitrogens with zero attached hydrogens (tertiary/aromatic N) is 3. The third kappa shape index (κ3) is 4.38. The van der Waals surface area contributed by atoms with Crippen molar-refractivity contribution in [3.05, 3.63) is 24.3 Å². The Hall–Kier alpha value is -1.79. The van der Waals surface area contributed by atoms with Gasteiger partial charge in [-0.3, -0.25) is 4.79 Å². The van der Waals surface area contributed by atoms with Gasteiger partial charge in [0.15, 0.2) is 0 Å². The second-order valence-electron chi connectivity index (χ2n) is 9.47. The van der Waals surface area contributed by atoms with E-state index in [2.05, 4.69) is 52.8 Å². The van der Waals surface area contributed by atoms with E-state index in [-0.39, 0.29) is 17.9 Å². The fraction of sp³-hybridized carbons (Fsp3) is 0.696. The highest BCUT2D eigenvalue weighted by Crippen LogP contribution is 2.43. The van der Waals surface area contributed by atoms with Crippen LogP contribution in [0.4, 0.5) is 11.4 Å². The van der Waals surface area contributed by atoms with Crippen LogP contribution in [-0.2, 0) is 9.53 Å². The molecule has 2 atom stereocenters. The number of hydrogen-bond donors (Lipinski definition) is 1. The lowest BCUT2D eigenvalue weighted by molar-refractivity contribution is -0.131. The van der Waals surface area contributed by atoms with Crippen molar-refractivity contribution in [3.8, 4) is 0 Å². The normalized spacial score (nSPS) is 26.5. The van der Waals surface area contributed by atoms with Gasteiger partial charge in [-0.15, -0.1) is 0 Å². The molecule has 0 aliphatic carbocycles. The summed E-state index contributed by atoms with van der Waals surface area (Å²) in [5.74, 6) is 0.678. The summed E-state index contributed by atoms with van der Waals surface area (Å²) in [6.07, 6.45) is 2.16. The van der Waals surface area contributed by atoms with E-state index in [9.17, 15) is 4.79 Å². The lowest BCUT2D eigenvalue weighted by Crippen LogP contribution is -2.54. The van der Waals surface area contributed by atoms with Crippen molar-refractivity contribution in [1.82, 2.24) is 4.90 Å². The molecule has 0 unspecified atom stereocenters. The van der Waals surface area contributed by atoms with Gasteiger partial charge in [0, 0.05) is 57.1 Å². The zero-order chi connectivity index (χ0) is 20.4. The van der Waals surface area contributed by atoms with Crippen LogP contribution in [0.2, 0.25) is 0 Å². The number of fused-ring (bicyclic) bond motifs is 4. The number of aliphatic hydroxyl groups is 1. The van der Waals surface area contributed by atoms with E-state index in [1.54, 1.807) is 0 Å². The highest BCUT2D eigenvalue weighted by Gasteiger charge is 2.46. The van der Waals surface area contributed by atoms with Crippen LogP contribution in [0.5, 0.6) is 0 Å². The molecule has 1 amide bonds. The highest BCUT2D eigenvalue weighted by atomic mass is 16.5. The second-order valence-corrected chi connectivity index (χ2v) is 9.47. The largest absolute Gasteiger partial charge is 0.396 e. The number of anilines is 2. The Morgan fingerprint density at radius 1 is 1.10 bits per heavy atom. The summed E-state index contributed by atoms with van der Waals surface area (Å²) in [6.45, 7) is 10.9. The molecule has 4 saturated heterocycles. The Kier molecular flexibility index (Phi) is 6.02. The first-order chi connectivity index (χ1) is 14.0. The standard InChI is InChI=1S/C23H35N3O3/c1-23(2)14-18-15-25(22(28)4-3-11-27)17-21(23)26(16-18)20-7-5-19(6-8-20)24-9-12-29-13-10-24/h5-8,18,21,27H,3-4,9-17H2,1-2H3/t18-,21-/m1/s1. The minimum Gasteiger partial charge on any atom is -0.396 e. The van der Waals surface area contributed by atoms with Crippen LogP contribution in [0.25, 0.3) is 0 Å². The van der Waals surface area contributed by atoms with Crippen molar-refractivity contribution < 1.29 is 14.6 Å². The average Bonchev–Trinajstić information content (AvgIpc) is 3.00. The molecule has 29 heavy (non-hydrogen) atoms. The van der Waals surface area contributed by atoms with Gasteiger partial charge in [0.2, 0.25) is 5.91 Å². The number of piperidine rings is 1. The third-order valence-electron chi connectivity index (χ3n) is 6.88. The first-order valence-electron chi connectivity index (χ1n) is 11.1. The molecular weight excluding hydrogens is 366 g/mol. The molecule has 2 bridgehead atoms. The molecule has 1 aromatic carbocycles. The van der Waals surface area contributed by atoms with Gasteiger partial charge in [-0.1, -0.05) is 13.8 Å². The Balaban J connectivity index is 1.52. The van der Waals surface area contributed by atoms with Crippen molar-refractivity contribution in [1.29, 1.82) is 0 Å². The van der Waals surface area contributed by atoms with E-state index in [0.717, 1.165) is 52.4 Å². The number of amides is 1. The number of carbonyl (C=O) groups excluding carboxylic acids is 1. The van der Waals surface area contributed by atoms with E-state index >= 15 is 0 Å². The minimum atomic E-state index is 0.0829. The molecule has 1 N–H and O–H groups in total. The van der Waals surface area contributed by atoms with Gasteiger partial charge in [0.1, 0.15) is 0 Å². The van der Waals surface area contributed by atoms with Gasteiger partial charge < -0.3 is 24.5 Å². The van der Waals surface area contributed by atoms with Crippen molar-refractivity contribution in [2.24, 2.45) is 11.3 Å². The zero-order valence-electron chi connectivity index (χ0n) is 17.8. The first-order valence-corrected chi connectivity index (χ1v) is 11.1. The van der Waals surface area contributed by atoms with E-state index in [4.69, 9.17) is 9.84 Å². The first kappa shape index (κ1) is 20.5. The molecule has 6 nitrogen and oxygen atoms in total. The summed E-state index contributed by atoms with van der Waals surface area (Å²) in [5, 5.41) is 9.09. The Bertz CT molecular complexity index is 700. The average molecular weight is 402 g/mol. The number of carbonyl (C=O) groups is 1. The molecule has 1 aromatic rings. The lowest BCUT2D eigenvalue weighted by atomic mass is 9.73. The summed E-state index contributed by atoms with van der Waals surface area (Å²) in [6, 6.07) is 9.28. The molecule has 4 fully saturated rings. The maximum atomic E-state index is 12.7. The zero-order valence-corrected chi connectivity index (χ0v) is 17.8. The molecule has 0 spiro atoms. The highest BCUT2D eigenvalue weighted by molar-refractivity contribution is 5.76. The topological polar surface area (TPSA) is 56.3 Å². The predicted molar refractivity (Wildman–Crippen MR) is 115 cm³/mol. The van der Waals surface area contributed by atoms with Gasteiger partial charge in [-0.05, 0) is 48.4 Å². The van der Waals surface area contributed by atoms with E-state index in [0.29, 0.717) is 24.8 Å². The SMILES string of the molecule is CC1(C)C[C@@H]2CN(C(=O)CCCO)C[C@H]1N(c1ccc(N3CCOCC3)cc1)C2. The fourth-order valence-electron chi connectivity index (χ4n) is 5.39. The maximum Gasteiger partial charge on any atom is 0.222 e. The molecule has 0 radical (unpaired) electrons. The molecule has 160 valence electrons. The second kappa shape index (κ2) is 8.52. The summed E-state index contributed by atoms with van der Waals surface area (Å²) in [4.78, 5) is 19.7. The molecule has 4 aliphatic heterocycles. The summed E-state index contributed by atoms with van der Waals surface area (Å²) in [5.41, 5.74) is 2.68. The smallest absolute Gasteiger partial charge is 0.222 e. The van der Waals surface area contributed by atoms with Crippen molar-refractivity contribution in [2.75, 3.05) is 62.3 Å². The predicted octanol–water partition coefficient (Wildman–Crippen LogP) is 2.36. The third-order valence-corrected chi connectivity index (χ3v) is 6.88. The summed E-state index contributed by atoms with van der Waals surface area (Å²) in [7, 11) is 0. The van der Waals surface area contributed by atoms with Crippen molar-refractivity contribution >= 4 is 17.3 Å². The maximum absolute atomic E-state index is 12.7. The van der Waals surface area contributed by atoms with Gasteiger partial charge >= 0.3 is 0 Å². The van der Waals surface area contributed by atoms with Crippen molar-refractivity contribution in [3.63, 3.8) is 0 Å². The van der Waals surface area contributed by atoms with E-state index in [1.165, 1.54) is 11.4 Å². The number of hydrogen-bond acceptors (Lipinski definition) is 5. The molecular formula is C23H35N3O3. The number of ether oxygens (including phenoxy) is 1. The van der Waals surface area contributed by atoms with E-state index < -0.39 is 0 Å². The van der Waals surface area contributed by atoms with Crippen LogP contribution >= 0.6 is 0 Å². The quantitative estimate of drug-likeness (QED) is 0.821. The Labute approximate surface area is 174 Å². The van der Waals surface area contributed by atoms with Crippen molar-refractivity contribution in [2.45, 2.75) is 39.2 Å². The molecule has 4 heterocycles. The van der Waals surface area contributed by atoms with Crippen LogP contribution < -0.4 is 9.80 Å². The van der Waals surface area contributed by atoms with Crippen LogP contribution in [0.1, 0.15) is 33.1 Å². The molecule has 0 saturated carbocycles. The van der Waals surface area contributed by atoms with Gasteiger partial charge in [-0.2, -0.15) is 0 Å². The minimum absolute atomic E-state index is 0.0829. The number of benzene rings is 1. The van der Waals surface area contributed by atoms with Crippen LogP contribution in [0, 0.1) is 11.3 Å². The van der Waals surface area contributed by atoms with Gasteiger partial charge in [0.05, 0.1) is 19.3 Å². The van der Waals surface area contributed by atoms with Crippen LogP contribution in [0.3, 0.4) is 0 Å².